The van der Waals surface area contributed by atoms with Crippen molar-refractivity contribution in [2.24, 2.45) is 4.99 Å². The quantitative estimate of drug-likeness (QED) is 0.589. The summed E-state index contributed by atoms with van der Waals surface area (Å²) in [6.45, 7) is 7.13. The second-order valence-corrected chi connectivity index (χ2v) is 9.77. The molecule has 0 saturated carbocycles. The van der Waals surface area contributed by atoms with Crippen LogP contribution >= 0.6 is 23.2 Å². The molecular formula is C23H32Cl2N6O2. The third kappa shape index (κ3) is 5.23. The number of piperazine rings is 1. The predicted molar refractivity (Wildman–Crippen MR) is 130 cm³/mol. The van der Waals surface area contributed by atoms with E-state index in [0.717, 1.165) is 70.1 Å². The summed E-state index contributed by atoms with van der Waals surface area (Å²) >= 11 is 12.2. The van der Waals surface area contributed by atoms with E-state index in [-0.39, 0.29) is 11.9 Å². The minimum atomic E-state index is -0.471. The lowest BCUT2D eigenvalue weighted by Gasteiger charge is -2.40. The van der Waals surface area contributed by atoms with Crippen molar-refractivity contribution >= 4 is 41.1 Å². The molecule has 4 rings (SSSR count). The molecule has 3 amide bonds. The highest BCUT2D eigenvalue weighted by Gasteiger charge is 2.49. The van der Waals surface area contributed by atoms with Crippen molar-refractivity contribution in [2.75, 3.05) is 39.8 Å². The molecule has 0 radical (unpaired) electrons. The lowest BCUT2D eigenvalue weighted by Crippen LogP contribution is -2.64. The smallest absolute Gasteiger partial charge is 0.325 e. The van der Waals surface area contributed by atoms with Gasteiger partial charge in [-0.2, -0.15) is 0 Å². The summed E-state index contributed by atoms with van der Waals surface area (Å²) in [7, 11) is 1.70. The van der Waals surface area contributed by atoms with Crippen molar-refractivity contribution < 1.29 is 9.59 Å². The summed E-state index contributed by atoms with van der Waals surface area (Å²) in [5.41, 5.74) is 1.14. The normalized spacial score (nSPS) is 23.6. The largest absolute Gasteiger partial charge is 0.340 e. The number of benzene rings is 1. The van der Waals surface area contributed by atoms with Gasteiger partial charge >= 0.3 is 6.03 Å². The van der Waals surface area contributed by atoms with E-state index >= 15 is 0 Å². The molecule has 3 heterocycles. The van der Waals surface area contributed by atoms with Gasteiger partial charge in [0.15, 0.2) is 18.2 Å². The van der Waals surface area contributed by atoms with Gasteiger partial charge in [0.25, 0.3) is 5.91 Å². The summed E-state index contributed by atoms with van der Waals surface area (Å²) in [6.07, 6.45) is 3.98. The number of urea groups is 1. The highest BCUT2D eigenvalue weighted by molar-refractivity contribution is 6.42. The minimum absolute atomic E-state index is 0.254. The van der Waals surface area contributed by atoms with Crippen LogP contribution in [-0.4, -0.2) is 89.5 Å². The van der Waals surface area contributed by atoms with Crippen LogP contribution in [0.15, 0.2) is 23.2 Å². The van der Waals surface area contributed by atoms with Gasteiger partial charge in [-0.15, -0.1) is 0 Å². The van der Waals surface area contributed by atoms with Gasteiger partial charge in [0.05, 0.1) is 10.0 Å². The Labute approximate surface area is 205 Å². The molecule has 0 aliphatic carbocycles. The average molecular weight is 495 g/mol. The van der Waals surface area contributed by atoms with Crippen LogP contribution in [0.25, 0.3) is 0 Å². The van der Waals surface area contributed by atoms with Crippen LogP contribution in [0.2, 0.25) is 10.0 Å². The molecule has 10 heteroatoms. The summed E-state index contributed by atoms with van der Waals surface area (Å²) in [6, 6.07) is 4.92. The number of hydrogen-bond donors (Lipinski definition) is 1. The molecule has 180 valence electrons. The highest BCUT2D eigenvalue weighted by Crippen LogP contribution is 2.27. The zero-order chi connectivity index (χ0) is 23.5. The Hall–Kier alpha value is -2.03. The first-order valence-electron chi connectivity index (χ1n) is 11.7. The number of rotatable bonds is 7. The number of nitrogens with zero attached hydrogens (tertiary/aromatic N) is 5. The van der Waals surface area contributed by atoms with Crippen LogP contribution in [-0.2, 0) is 11.3 Å². The van der Waals surface area contributed by atoms with Gasteiger partial charge in [-0.1, -0.05) is 55.5 Å². The average Bonchev–Trinajstić information content (AvgIpc) is 3.18. The Morgan fingerprint density at radius 1 is 1.06 bits per heavy atom. The third-order valence-corrected chi connectivity index (χ3v) is 7.38. The van der Waals surface area contributed by atoms with Gasteiger partial charge in [0.2, 0.25) is 0 Å². The third-order valence-electron chi connectivity index (χ3n) is 6.64. The van der Waals surface area contributed by atoms with Crippen LogP contribution in [0, 0.1) is 0 Å². The number of likely N-dealkylation sites (N-methyl/N-ethyl adjacent to an activating group) is 1. The number of hydrogen-bond acceptors (Lipinski definition) is 6. The summed E-state index contributed by atoms with van der Waals surface area (Å²) in [5.74, 6) is 0.586. The maximum absolute atomic E-state index is 12.7. The van der Waals surface area contributed by atoms with Gasteiger partial charge < -0.3 is 14.7 Å². The topological polar surface area (TPSA) is 71.5 Å². The summed E-state index contributed by atoms with van der Waals surface area (Å²) in [4.78, 5) is 38.1. The number of nitrogens with one attached hydrogen (secondary N) is 1. The monoisotopic (exact) mass is 494 g/mol. The van der Waals surface area contributed by atoms with E-state index in [0.29, 0.717) is 10.0 Å². The molecular weight excluding hydrogens is 463 g/mol. The van der Waals surface area contributed by atoms with Crippen LogP contribution in [0.5, 0.6) is 0 Å². The van der Waals surface area contributed by atoms with E-state index in [1.165, 1.54) is 6.42 Å². The van der Waals surface area contributed by atoms with Crippen LogP contribution in [0.4, 0.5) is 4.79 Å². The lowest BCUT2D eigenvalue weighted by molar-refractivity contribution is -0.127. The molecule has 2 unspecified atom stereocenters. The molecule has 8 nitrogen and oxygen atoms in total. The molecule has 2 atom stereocenters. The first-order chi connectivity index (χ1) is 15.9. The van der Waals surface area contributed by atoms with Gasteiger partial charge in [0, 0.05) is 46.3 Å². The molecule has 33 heavy (non-hydrogen) atoms. The second-order valence-electron chi connectivity index (χ2n) is 8.96. The van der Waals surface area contributed by atoms with E-state index in [4.69, 9.17) is 28.2 Å². The predicted octanol–water partition coefficient (Wildman–Crippen LogP) is 3.24. The highest BCUT2D eigenvalue weighted by atomic mass is 35.5. The molecule has 1 N–H and O–H groups in total. The maximum Gasteiger partial charge on any atom is 0.325 e. The van der Waals surface area contributed by atoms with Gasteiger partial charge in [-0.3, -0.25) is 15.0 Å². The molecule has 0 bridgehead atoms. The first-order valence-corrected chi connectivity index (χ1v) is 12.5. The van der Waals surface area contributed by atoms with E-state index in [2.05, 4.69) is 26.9 Å². The summed E-state index contributed by atoms with van der Waals surface area (Å²) in [5, 5.41) is 3.63. The van der Waals surface area contributed by atoms with Crippen molar-refractivity contribution in [1.29, 1.82) is 0 Å². The zero-order valence-electron chi connectivity index (χ0n) is 19.3. The molecule has 1 aromatic rings. The SMILES string of the molecule is CCCCCCN1C(N2CCN(Cc3ccc(Cl)c(Cl)c3)CC2)=NC2C1C(=O)NC(=O)N2C. The van der Waals surface area contributed by atoms with E-state index < -0.39 is 12.2 Å². The second kappa shape index (κ2) is 10.5. The Balaban J connectivity index is 1.43. The molecule has 0 spiro atoms. The molecule has 2 saturated heterocycles. The summed E-state index contributed by atoms with van der Waals surface area (Å²) < 4.78 is 0. The number of aliphatic imine (C=N–C) groups is 1. The Kier molecular flexibility index (Phi) is 7.66. The van der Waals surface area contributed by atoms with E-state index in [1.54, 1.807) is 11.9 Å². The number of carbonyl (C=O) groups excluding carboxylic acids is 2. The zero-order valence-corrected chi connectivity index (χ0v) is 20.8. The number of unbranched alkanes of at least 4 members (excludes halogenated alkanes) is 3. The van der Waals surface area contributed by atoms with Gasteiger partial charge in [-0.05, 0) is 24.1 Å². The first kappa shape index (κ1) is 24.1. The van der Waals surface area contributed by atoms with Crippen molar-refractivity contribution in [3.63, 3.8) is 0 Å². The number of fused-ring (bicyclic) bond motifs is 1. The van der Waals surface area contributed by atoms with Crippen molar-refractivity contribution in [3.05, 3.63) is 33.8 Å². The van der Waals surface area contributed by atoms with Crippen molar-refractivity contribution in [2.45, 2.75) is 51.4 Å². The van der Waals surface area contributed by atoms with Crippen LogP contribution in [0.3, 0.4) is 0 Å². The molecule has 3 aliphatic rings. The lowest BCUT2D eigenvalue weighted by atomic mass is 10.1. The molecule has 3 aliphatic heterocycles. The molecule has 0 aromatic heterocycles. The Morgan fingerprint density at radius 2 is 1.82 bits per heavy atom. The van der Waals surface area contributed by atoms with Crippen LogP contribution in [0.1, 0.15) is 38.2 Å². The number of carbonyl (C=O) groups is 2. The van der Waals surface area contributed by atoms with Crippen LogP contribution < -0.4 is 5.32 Å². The standard InChI is InChI=1S/C23H32Cl2N6O2/c1-3-4-5-6-9-31-19-20(28(2)23(33)27-21(19)32)26-22(31)30-12-10-29(11-13-30)15-16-7-8-17(24)18(25)14-16/h7-8,14,19-20H,3-6,9-13,15H2,1-2H3,(H,27,32,33). The van der Waals surface area contributed by atoms with E-state index in [1.807, 2.05) is 18.2 Å². The maximum atomic E-state index is 12.7. The molecule has 1 aromatic carbocycles. The fourth-order valence-electron chi connectivity index (χ4n) is 4.72. The van der Waals surface area contributed by atoms with Gasteiger partial charge in [0.1, 0.15) is 0 Å². The Morgan fingerprint density at radius 3 is 2.52 bits per heavy atom. The fourth-order valence-corrected chi connectivity index (χ4v) is 5.05. The van der Waals surface area contributed by atoms with Crippen molar-refractivity contribution in [1.82, 2.24) is 24.9 Å². The number of amides is 3. The molecule has 2 fully saturated rings. The van der Waals surface area contributed by atoms with E-state index in [9.17, 15) is 9.59 Å². The number of halogens is 2. The van der Waals surface area contributed by atoms with Crippen molar-refractivity contribution in [3.8, 4) is 0 Å². The number of guanidine groups is 1. The number of imide groups is 1. The Bertz CT molecular complexity index is 918. The fraction of sp³-hybridized carbons (Fsp3) is 0.609. The minimum Gasteiger partial charge on any atom is -0.340 e. The van der Waals surface area contributed by atoms with Gasteiger partial charge in [-0.25, -0.2) is 9.79 Å².